The van der Waals surface area contributed by atoms with E-state index in [-0.39, 0.29) is 11.2 Å². The van der Waals surface area contributed by atoms with Gasteiger partial charge in [-0.3, -0.25) is 0 Å². The van der Waals surface area contributed by atoms with Gasteiger partial charge in [0.2, 0.25) is 0 Å². The summed E-state index contributed by atoms with van der Waals surface area (Å²) in [5, 5.41) is 3.42. The van der Waals surface area contributed by atoms with Gasteiger partial charge in [0, 0.05) is 24.8 Å². The number of benzene rings is 1. The highest BCUT2D eigenvalue weighted by Gasteiger charge is 2.29. The highest BCUT2D eigenvalue weighted by Crippen LogP contribution is 2.29. The molecule has 4 heteroatoms. The monoisotopic (exact) mass is 283 g/mol. The fraction of sp³-hybridized carbons (Fsp3) is 0.625. The van der Waals surface area contributed by atoms with E-state index < -0.39 is 11.9 Å². The molecular weight excluding hydrogens is 260 g/mol. The van der Waals surface area contributed by atoms with E-state index in [4.69, 9.17) is 4.74 Å². The van der Waals surface area contributed by atoms with Gasteiger partial charge in [-0.25, -0.2) is 8.78 Å². The van der Waals surface area contributed by atoms with Crippen molar-refractivity contribution in [3.8, 4) is 0 Å². The molecule has 0 aromatic heterocycles. The number of ether oxygens (including phenoxy) is 1. The van der Waals surface area contributed by atoms with Crippen LogP contribution >= 0.6 is 0 Å². The van der Waals surface area contributed by atoms with Crippen molar-refractivity contribution in [2.75, 3.05) is 13.2 Å². The summed E-state index contributed by atoms with van der Waals surface area (Å²) in [7, 11) is 0. The molecule has 1 heterocycles. The summed E-state index contributed by atoms with van der Waals surface area (Å²) in [6, 6.07) is 2.81. The molecule has 0 amide bonds. The lowest BCUT2D eigenvalue weighted by Crippen LogP contribution is -2.40. The first-order chi connectivity index (χ1) is 9.29. The highest BCUT2D eigenvalue weighted by atomic mass is 19.1. The Labute approximate surface area is 119 Å². The molecule has 0 spiro atoms. The van der Waals surface area contributed by atoms with Crippen molar-refractivity contribution in [2.45, 2.75) is 46.3 Å². The maximum absolute atomic E-state index is 14.0. The van der Waals surface area contributed by atoms with Crippen LogP contribution in [-0.4, -0.2) is 19.2 Å². The second kappa shape index (κ2) is 5.78. The number of hydrogen-bond donors (Lipinski definition) is 1. The molecule has 1 aliphatic heterocycles. The lowest BCUT2D eigenvalue weighted by Gasteiger charge is -2.30. The summed E-state index contributed by atoms with van der Waals surface area (Å²) in [5.41, 5.74) is 0.741. The lowest BCUT2D eigenvalue weighted by molar-refractivity contribution is 0.0627. The zero-order valence-corrected chi connectivity index (χ0v) is 12.6. The van der Waals surface area contributed by atoms with Crippen LogP contribution in [0.15, 0.2) is 12.1 Å². The summed E-state index contributed by atoms with van der Waals surface area (Å²) >= 11 is 0. The van der Waals surface area contributed by atoms with E-state index in [0.29, 0.717) is 30.3 Å². The van der Waals surface area contributed by atoms with E-state index in [2.05, 4.69) is 26.1 Å². The number of nitrogens with one attached hydrogen (secondary N) is 1. The maximum atomic E-state index is 14.0. The van der Waals surface area contributed by atoms with Gasteiger partial charge in [-0.05, 0) is 36.5 Å². The zero-order valence-electron chi connectivity index (χ0n) is 12.6. The number of halogens is 2. The second-order valence-corrected chi connectivity index (χ2v) is 6.60. The topological polar surface area (TPSA) is 21.3 Å². The Morgan fingerprint density at radius 1 is 1.20 bits per heavy atom. The lowest BCUT2D eigenvalue weighted by atomic mass is 9.85. The summed E-state index contributed by atoms with van der Waals surface area (Å²) in [6.07, 6.45) is 0.438. The van der Waals surface area contributed by atoms with E-state index >= 15 is 0 Å². The summed E-state index contributed by atoms with van der Waals surface area (Å²) in [4.78, 5) is 0. The molecule has 1 aromatic rings. The van der Waals surface area contributed by atoms with Crippen molar-refractivity contribution < 1.29 is 13.5 Å². The summed E-state index contributed by atoms with van der Waals surface area (Å²) in [5.74, 6) is -0.786. The van der Waals surface area contributed by atoms with Crippen LogP contribution in [0, 0.1) is 24.0 Å². The Morgan fingerprint density at radius 2 is 1.90 bits per heavy atom. The molecule has 0 bridgehead atoms. The quantitative estimate of drug-likeness (QED) is 0.847. The van der Waals surface area contributed by atoms with Crippen molar-refractivity contribution in [3.63, 3.8) is 0 Å². The third kappa shape index (κ3) is 3.36. The van der Waals surface area contributed by atoms with Gasteiger partial charge in [-0.15, -0.1) is 0 Å². The predicted octanol–water partition coefficient (Wildman–Crippen LogP) is 3.74. The third-order valence-electron chi connectivity index (χ3n) is 3.95. The van der Waals surface area contributed by atoms with Gasteiger partial charge < -0.3 is 10.1 Å². The molecule has 112 valence electrons. The van der Waals surface area contributed by atoms with E-state index in [1.165, 1.54) is 12.1 Å². The maximum Gasteiger partial charge on any atom is 0.129 e. The minimum atomic E-state index is -0.433. The first-order valence-corrected chi connectivity index (χ1v) is 7.09. The molecule has 1 saturated heterocycles. The number of aryl methyl sites for hydroxylation is 1. The first kappa shape index (κ1) is 15.4. The summed E-state index contributed by atoms with van der Waals surface area (Å²) < 4.78 is 33.4. The Balaban J connectivity index is 2.17. The molecule has 1 N–H and O–H groups in total. The van der Waals surface area contributed by atoms with Crippen LogP contribution in [0.1, 0.15) is 44.4 Å². The molecule has 0 aliphatic carbocycles. The predicted molar refractivity (Wildman–Crippen MR) is 75.7 cm³/mol. The molecule has 2 rings (SSSR count). The Kier molecular flexibility index (Phi) is 4.45. The average molecular weight is 283 g/mol. The van der Waals surface area contributed by atoms with E-state index in [0.717, 1.165) is 6.42 Å². The summed E-state index contributed by atoms with van der Waals surface area (Å²) in [6.45, 7) is 9.10. The molecule has 2 unspecified atom stereocenters. The van der Waals surface area contributed by atoms with E-state index in [1.807, 2.05) is 0 Å². The number of hydrogen-bond acceptors (Lipinski definition) is 2. The molecule has 2 nitrogen and oxygen atoms in total. The fourth-order valence-electron chi connectivity index (χ4n) is 2.59. The molecule has 0 radical (unpaired) electrons. The first-order valence-electron chi connectivity index (χ1n) is 7.09. The minimum absolute atomic E-state index is 0.120. The van der Waals surface area contributed by atoms with Gasteiger partial charge in [0.1, 0.15) is 11.6 Å². The molecule has 1 aliphatic rings. The smallest absolute Gasteiger partial charge is 0.129 e. The Hall–Kier alpha value is -1.00. The van der Waals surface area contributed by atoms with Crippen molar-refractivity contribution in [1.29, 1.82) is 0 Å². The van der Waals surface area contributed by atoms with Gasteiger partial charge in [0.05, 0.1) is 6.10 Å². The van der Waals surface area contributed by atoms with Crippen LogP contribution in [0.5, 0.6) is 0 Å². The van der Waals surface area contributed by atoms with Crippen molar-refractivity contribution in [2.24, 2.45) is 5.41 Å². The molecule has 1 aromatic carbocycles. The molecular formula is C16H23F2NO. The second-order valence-electron chi connectivity index (χ2n) is 6.60. The van der Waals surface area contributed by atoms with Crippen molar-refractivity contribution >= 4 is 0 Å². The average Bonchev–Trinajstić information content (AvgIpc) is 2.59. The molecule has 2 atom stereocenters. The van der Waals surface area contributed by atoms with Gasteiger partial charge in [0.25, 0.3) is 0 Å². The Morgan fingerprint density at radius 3 is 2.55 bits per heavy atom. The SMILES string of the molecule is Cc1cc(F)c(C2CNC(C(C)(C)C)CCO2)cc1F. The van der Waals surface area contributed by atoms with Crippen LogP contribution < -0.4 is 5.32 Å². The van der Waals surface area contributed by atoms with Crippen LogP contribution in [0.3, 0.4) is 0 Å². The van der Waals surface area contributed by atoms with Crippen molar-refractivity contribution in [1.82, 2.24) is 5.32 Å². The van der Waals surface area contributed by atoms with Crippen LogP contribution in [0.25, 0.3) is 0 Å². The molecule has 20 heavy (non-hydrogen) atoms. The van der Waals surface area contributed by atoms with E-state index in [9.17, 15) is 8.78 Å². The Bertz CT molecular complexity index is 482. The van der Waals surface area contributed by atoms with Crippen molar-refractivity contribution in [3.05, 3.63) is 34.9 Å². The van der Waals surface area contributed by atoms with Crippen LogP contribution in [-0.2, 0) is 4.74 Å². The van der Waals surface area contributed by atoms with Gasteiger partial charge in [0.15, 0.2) is 0 Å². The molecule has 0 saturated carbocycles. The normalized spacial score (nSPS) is 24.5. The number of rotatable bonds is 1. The molecule has 1 fully saturated rings. The zero-order chi connectivity index (χ0) is 14.9. The minimum Gasteiger partial charge on any atom is -0.372 e. The largest absolute Gasteiger partial charge is 0.372 e. The fourth-order valence-corrected chi connectivity index (χ4v) is 2.59. The standard InChI is InChI=1S/C16H23F2NO/c1-10-7-13(18)11(8-12(10)17)14-9-19-15(5-6-20-14)16(2,3)4/h7-8,14-15,19H,5-6,9H2,1-4H3. The van der Waals surface area contributed by atoms with Crippen LogP contribution in [0.4, 0.5) is 8.78 Å². The van der Waals surface area contributed by atoms with Gasteiger partial charge in [-0.2, -0.15) is 0 Å². The van der Waals surface area contributed by atoms with E-state index in [1.54, 1.807) is 6.92 Å². The third-order valence-corrected chi connectivity index (χ3v) is 3.95. The van der Waals surface area contributed by atoms with Gasteiger partial charge >= 0.3 is 0 Å². The van der Waals surface area contributed by atoms with Gasteiger partial charge in [-0.1, -0.05) is 20.8 Å². The highest BCUT2D eigenvalue weighted by molar-refractivity contribution is 5.27. The van der Waals surface area contributed by atoms with Crippen LogP contribution in [0.2, 0.25) is 0 Å².